The summed E-state index contributed by atoms with van der Waals surface area (Å²) in [5, 5.41) is 0. The van der Waals surface area contributed by atoms with E-state index in [1.54, 1.807) is 24.3 Å². The largest absolute Gasteiger partial charge is 0.447 e. The zero-order valence-corrected chi connectivity index (χ0v) is 17.5. The Morgan fingerprint density at radius 1 is 0.968 bits per heavy atom. The second kappa shape index (κ2) is 8.34. The predicted octanol–water partition coefficient (Wildman–Crippen LogP) is 3.07. The molecule has 2 heterocycles. The molecule has 0 aliphatic carbocycles. The van der Waals surface area contributed by atoms with Crippen LogP contribution in [-0.4, -0.2) is 52.8 Å². The lowest BCUT2D eigenvalue weighted by Crippen LogP contribution is -2.42. The molecule has 2 aliphatic rings. The number of hydrogen-bond acceptors (Lipinski definition) is 5. The molecule has 0 spiro atoms. The molecule has 1 atom stereocenters. The molecular weight excluding hydrogens is 396 g/mol. The van der Waals surface area contributed by atoms with Crippen molar-refractivity contribution in [1.82, 2.24) is 9.80 Å². The van der Waals surface area contributed by atoms with Crippen molar-refractivity contribution in [2.75, 3.05) is 13.2 Å². The van der Waals surface area contributed by atoms with E-state index in [-0.39, 0.29) is 42.7 Å². The van der Waals surface area contributed by atoms with Gasteiger partial charge in [0.15, 0.2) is 0 Å². The highest BCUT2D eigenvalue weighted by Gasteiger charge is 2.39. The second-order valence-electron chi connectivity index (χ2n) is 8.20. The van der Waals surface area contributed by atoms with E-state index < -0.39 is 6.09 Å². The minimum Gasteiger partial charge on any atom is -0.447 e. The molecule has 2 aromatic carbocycles. The Hall–Kier alpha value is -3.48. The molecule has 1 fully saturated rings. The SMILES string of the molecule is CC(C)[C@H]1COC(=O)N1C(=O)Cc1ccc(CCN2C(=O)c3ccccc3C2=O)cc1. The monoisotopic (exact) mass is 420 g/mol. The summed E-state index contributed by atoms with van der Waals surface area (Å²) >= 11 is 0. The van der Waals surface area contributed by atoms with E-state index in [4.69, 9.17) is 4.74 Å². The maximum atomic E-state index is 12.6. The number of rotatable bonds is 6. The fourth-order valence-electron chi connectivity index (χ4n) is 3.98. The van der Waals surface area contributed by atoms with Crippen LogP contribution in [0.5, 0.6) is 0 Å². The third-order valence-electron chi connectivity index (χ3n) is 5.82. The average Bonchev–Trinajstić information content (AvgIpc) is 3.26. The first-order chi connectivity index (χ1) is 14.9. The Labute approximate surface area is 180 Å². The van der Waals surface area contributed by atoms with Crippen LogP contribution in [0.15, 0.2) is 48.5 Å². The molecule has 2 aromatic rings. The topological polar surface area (TPSA) is 84.0 Å². The Bertz CT molecular complexity index is 1010. The van der Waals surface area contributed by atoms with Crippen LogP contribution in [0.2, 0.25) is 0 Å². The summed E-state index contributed by atoms with van der Waals surface area (Å²) in [6.45, 7) is 4.44. The highest BCUT2D eigenvalue weighted by Crippen LogP contribution is 2.23. The highest BCUT2D eigenvalue weighted by atomic mass is 16.6. The van der Waals surface area contributed by atoms with Crippen molar-refractivity contribution in [1.29, 1.82) is 0 Å². The maximum absolute atomic E-state index is 12.6. The number of benzene rings is 2. The summed E-state index contributed by atoms with van der Waals surface area (Å²) in [5.41, 5.74) is 2.63. The fraction of sp³-hybridized carbons (Fsp3) is 0.333. The van der Waals surface area contributed by atoms with Crippen LogP contribution in [0.1, 0.15) is 45.7 Å². The highest BCUT2D eigenvalue weighted by molar-refractivity contribution is 6.21. The minimum absolute atomic E-state index is 0.108. The van der Waals surface area contributed by atoms with E-state index in [2.05, 4.69) is 0 Å². The van der Waals surface area contributed by atoms with Crippen molar-refractivity contribution in [3.8, 4) is 0 Å². The molecule has 4 rings (SSSR count). The summed E-state index contributed by atoms with van der Waals surface area (Å²) in [4.78, 5) is 52.0. The van der Waals surface area contributed by atoms with Crippen LogP contribution < -0.4 is 0 Å². The van der Waals surface area contributed by atoms with Crippen LogP contribution in [0.4, 0.5) is 4.79 Å². The van der Waals surface area contributed by atoms with Gasteiger partial charge in [-0.3, -0.25) is 19.3 Å². The molecule has 0 aromatic heterocycles. The lowest BCUT2D eigenvalue weighted by atomic mass is 10.0. The summed E-state index contributed by atoms with van der Waals surface area (Å²) < 4.78 is 5.05. The number of ether oxygens (including phenoxy) is 1. The number of hydrogen-bond donors (Lipinski definition) is 0. The second-order valence-corrected chi connectivity index (χ2v) is 8.20. The third kappa shape index (κ3) is 3.95. The van der Waals surface area contributed by atoms with E-state index in [0.717, 1.165) is 11.1 Å². The van der Waals surface area contributed by atoms with Gasteiger partial charge >= 0.3 is 6.09 Å². The Kier molecular flexibility index (Phi) is 5.59. The third-order valence-corrected chi connectivity index (χ3v) is 5.82. The molecular formula is C24H24N2O5. The van der Waals surface area contributed by atoms with Gasteiger partial charge in [0.1, 0.15) is 6.61 Å². The Morgan fingerprint density at radius 2 is 1.55 bits per heavy atom. The Morgan fingerprint density at radius 3 is 2.13 bits per heavy atom. The van der Waals surface area contributed by atoms with E-state index in [0.29, 0.717) is 24.1 Å². The van der Waals surface area contributed by atoms with Crippen molar-refractivity contribution in [2.45, 2.75) is 32.7 Å². The van der Waals surface area contributed by atoms with Gasteiger partial charge in [0.05, 0.1) is 23.6 Å². The van der Waals surface area contributed by atoms with E-state index in [1.165, 1.54) is 9.80 Å². The standard InChI is InChI=1S/C24H24N2O5/c1-15(2)20-14-31-24(30)26(20)21(27)13-17-9-7-16(8-10-17)11-12-25-22(28)18-5-3-4-6-19(18)23(25)29/h3-10,15,20H,11-14H2,1-2H3/t20-/m1/s1. The maximum Gasteiger partial charge on any atom is 0.416 e. The van der Waals surface area contributed by atoms with Gasteiger partial charge in [-0.15, -0.1) is 0 Å². The molecule has 160 valence electrons. The first kappa shape index (κ1) is 20.8. The van der Waals surface area contributed by atoms with Gasteiger partial charge in [-0.25, -0.2) is 9.69 Å². The van der Waals surface area contributed by atoms with E-state index in [1.807, 2.05) is 38.1 Å². The normalized spacial score (nSPS) is 18.0. The molecule has 2 aliphatic heterocycles. The smallest absolute Gasteiger partial charge is 0.416 e. The number of carbonyl (C=O) groups is 4. The van der Waals surface area contributed by atoms with Crippen LogP contribution >= 0.6 is 0 Å². The number of amides is 4. The van der Waals surface area contributed by atoms with Gasteiger partial charge in [0.25, 0.3) is 11.8 Å². The lowest BCUT2D eigenvalue weighted by molar-refractivity contribution is -0.129. The van der Waals surface area contributed by atoms with Crippen LogP contribution in [0.25, 0.3) is 0 Å². The number of carbonyl (C=O) groups excluding carboxylic acids is 4. The molecule has 4 amide bonds. The predicted molar refractivity (Wildman–Crippen MR) is 112 cm³/mol. The lowest BCUT2D eigenvalue weighted by Gasteiger charge is -2.22. The molecule has 0 saturated carbocycles. The van der Waals surface area contributed by atoms with Crippen molar-refractivity contribution in [3.05, 3.63) is 70.8 Å². The first-order valence-corrected chi connectivity index (χ1v) is 10.4. The summed E-state index contributed by atoms with van der Waals surface area (Å²) in [7, 11) is 0. The molecule has 0 unspecified atom stereocenters. The Balaban J connectivity index is 1.36. The molecule has 7 heteroatoms. The van der Waals surface area contributed by atoms with Crippen LogP contribution in [0.3, 0.4) is 0 Å². The van der Waals surface area contributed by atoms with Gasteiger partial charge in [-0.2, -0.15) is 0 Å². The summed E-state index contributed by atoms with van der Waals surface area (Å²) in [5.74, 6) is -0.681. The van der Waals surface area contributed by atoms with Crippen LogP contribution in [-0.2, 0) is 22.4 Å². The first-order valence-electron chi connectivity index (χ1n) is 10.4. The molecule has 0 radical (unpaired) electrons. The number of fused-ring (bicyclic) bond motifs is 1. The van der Waals surface area contributed by atoms with Gasteiger partial charge in [0.2, 0.25) is 5.91 Å². The van der Waals surface area contributed by atoms with E-state index in [9.17, 15) is 19.2 Å². The van der Waals surface area contributed by atoms with E-state index >= 15 is 0 Å². The fourth-order valence-corrected chi connectivity index (χ4v) is 3.98. The summed E-state index contributed by atoms with van der Waals surface area (Å²) in [6, 6.07) is 14.0. The zero-order chi connectivity index (χ0) is 22.1. The van der Waals surface area contributed by atoms with Crippen molar-refractivity contribution >= 4 is 23.8 Å². The van der Waals surface area contributed by atoms with Crippen molar-refractivity contribution in [2.24, 2.45) is 5.92 Å². The molecule has 7 nitrogen and oxygen atoms in total. The quantitative estimate of drug-likeness (QED) is 0.671. The average molecular weight is 420 g/mol. The zero-order valence-electron chi connectivity index (χ0n) is 17.5. The summed E-state index contributed by atoms with van der Waals surface area (Å²) in [6.07, 6.45) is 0.0474. The van der Waals surface area contributed by atoms with Crippen molar-refractivity contribution in [3.63, 3.8) is 0 Å². The molecule has 1 saturated heterocycles. The van der Waals surface area contributed by atoms with Gasteiger partial charge < -0.3 is 4.74 Å². The number of nitrogens with zero attached hydrogens (tertiary/aromatic N) is 2. The van der Waals surface area contributed by atoms with Gasteiger partial charge in [-0.05, 0) is 35.6 Å². The number of cyclic esters (lactones) is 1. The van der Waals surface area contributed by atoms with Gasteiger partial charge in [-0.1, -0.05) is 50.2 Å². The van der Waals surface area contributed by atoms with Gasteiger partial charge in [0, 0.05) is 6.54 Å². The number of imide groups is 2. The molecule has 31 heavy (non-hydrogen) atoms. The van der Waals surface area contributed by atoms with Crippen molar-refractivity contribution < 1.29 is 23.9 Å². The molecule has 0 N–H and O–H groups in total. The minimum atomic E-state index is -0.582. The van der Waals surface area contributed by atoms with Crippen LogP contribution in [0, 0.1) is 5.92 Å². The molecule has 0 bridgehead atoms.